The Morgan fingerprint density at radius 2 is 2.20 bits per heavy atom. The molecule has 1 N–H and O–H groups in total. The molecule has 2 heterocycles. The summed E-state index contributed by atoms with van der Waals surface area (Å²) in [6.45, 7) is 0.00463. The summed E-state index contributed by atoms with van der Waals surface area (Å²) in [4.78, 5) is 21.2. The van der Waals surface area contributed by atoms with Gasteiger partial charge in [0.25, 0.3) is 5.91 Å². The summed E-state index contributed by atoms with van der Waals surface area (Å²) in [6.07, 6.45) is -1.16. The van der Waals surface area contributed by atoms with Crippen molar-refractivity contribution in [2.45, 2.75) is 19.0 Å². The zero-order valence-corrected chi connectivity index (χ0v) is 10.9. The fourth-order valence-corrected chi connectivity index (χ4v) is 2.18. The van der Waals surface area contributed by atoms with E-state index >= 15 is 0 Å². The van der Waals surface area contributed by atoms with Crippen LogP contribution in [0.3, 0.4) is 0 Å². The van der Waals surface area contributed by atoms with E-state index in [0.717, 1.165) is 0 Å². The number of likely N-dealkylation sites (tertiary alicyclic amines) is 1. The number of piperidine rings is 1. The van der Waals surface area contributed by atoms with Crippen molar-refractivity contribution in [2.24, 2.45) is 5.92 Å². The predicted molar refractivity (Wildman–Crippen MR) is 66.3 cm³/mol. The smallest absolute Gasteiger partial charge is 0.372 e. The summed E-state index contributed by atoms with van der Waals surface area (Å²) in [5.41, 5.74) is 0.0553. The van der Waals surface area contributed by atoms with E-state index in [4.69, 9.17) is 0 Å². The fraction of sp³-hybridized carbons (Fsp3) is 0.583. The van der Waals surface area contributed by atoms with Crippen LogP contribution in [0, 0.1) is 5.92 Å². The Hall–Kier alpha value is -1.86. The highest BCUT2D eigenvalue weighted by Gasteiger charge is 2.42. The Balaban J connectivity index is 2.12. The molecule has 1 amide bonds. The normalized spacial score (nSPS) is 19.8. The summed E-state index contributed by atoms with van der Waals surface area (Å²) in [7, 11) is 1.62. The van der Waals surface area contributed by atoms with Gasteiger partial charge >= 0.3 is 6.18 Å². The van der Waals surface area contributed by atoms with E-state index in [1.165, 1.54) is 17.3 Å². The highest BCUT2D eigenvalue weighted by atomic mass is 19.4. The molecule has 0 aliphatic carbocycles. The monoisotopic (exact) mass is 288 g/mol. The highest BCUT2D eigenvalue weighted by molar-refractivity contribution is 5.92. The zero-order chi connectivity index (χ0) is 14.8. The van der Waals surface area contributed by atoms with Gasteiger partial charge in [0.2, 0.25) is 0 Å². The molecule has 0 radical (unpaired) electrons. The Bertz CT molecular complexity index is 492. The Morgan fingerprint density at radius 1 is 1.45 bits per heavy atom. The van der Waals surface area contributed by atoms with Gasteiger partial charge < -0.3 is 10.2 Å². The van der Waals surface area contributed by atoms with Crippen LogP contribution in [-0.2, 0) is 0 Å². The first kappa shape index (κ1) is 14.5. The van der Waals surface area contributed by atoms with Crippen molar-refractivity contribution in [3.05, 3.63) is 18.1 Å². The number of nitrogens with zero attached hydrogens (tertiary/aromatic N) is 3. The van der Waals surface area contributed by atoms with Crippen LogP contribution in [0.4, 0.5) is 19.0 Å². The number of alkyl halides is 3. The topological polar surface area (TPSA) is 58.1 Å². The van der Waals surface area contributed by atoms with E-state index in [1.807, 2.05) is 0 Å². The molecule has 1 aromatic heterocycles. The largest absolute Gasteiger partial charge is 0.393 e. The second kappa shape index (κ2) is 5.64. The number of anilines is 1. The molecule has 1 fully saturated rings. The minimum Gasteiger partial charge on any atom is -0.372 e. The minimum atomic E-state index is -4.27. The van der Waals surface area contributed by atoms with Crippen LogP contribution in [-0.4, -0.2) is 47.1 Å². The first-order valence-electron chi connectivity index (χ1n) is 6.27. The zero-order valence-electron chi connectivity index (χ0n) is 10.9. The van der Waals surface area contributed by atoms with Crippen molar-refractivity contribution < 1.29 is 18.0 Å². The number of aromatic nitrogens is 2. The molecule has 5 nitrogen and oxygen atoms in total. The molecule has 1 saturated heterocycles. The van der Waals surface area contributed by atoms with Gasteiger partial charge in [0.05, 0.1) is 18.3 Å². The van der Waals surface area contributed by atoms with Gasteiger partial charge in [-0.3, -0.25) is 9.78 Å². The van der Waals surface area contributed by atoms with Crippen molar-refractivity contribution in [1.82, 2.24) is 14.9 Å². The first-order valence-corrected chi connectivity index (χ1v) is 6.27. The molecule has 8 heteroatoms. The van der Waals surface area contributed by atoms with Crippen LogP contribution in [0.1, 0.15) is 23.3 Å². The molecule has 0 aromatic carbocycles. The predicted octanol–water partition coefficient (Wildman–Crippen LogP) is 1.93. The Kier molecular flexibility index (Phi) is 4.10. The number of nitrogens with one attached hydrogen (secondary N) is 1. The van der Waals surface area contributed by atoms with Gasteiger partial charge in [0.1, 0.15) is 11.5 Å². The second-order valence-corrected chi connectivity index (χ2v) is 4.67. The van der Waals surface area contributed by atoms with Gasteiger partial charge in [0, 0.05) is 20.1 Å². The van der Waals surface area contributed by atoms with Gasteiger partial charge in [0.15, 0.2) is 0 Å². The average Bonchev–Trinajstić information content (AvgIpc) is 2.46. The summed E-state index contributed by atoms with van der Waals surface area (Å²) in [5, 5.41) is 2.73. The van der Waals surface area contributed by atoms with Crippen LogP contribution in [0.5, 0.6) is 0 Å². The quantitative estimate of drug-likeness (QED) is 0.903. The lowest BCUT2D eigenvalue weighted by Crippen LogP contribution is -2.44. The second-order valence-electron chi connectivity index (χ2n) is 4.67. The van der Waals surface area contributed by atoms with E-state index in [2.05, 4.69) is 15.3 Å². The van der Waals surface area contributed by atoms with E-state index in [0.29, 0.717) is 18.8 Å². The van der Waals surface area contributed by atoms with E-state index in [-0.39, 0.29) is 18.7 Å². The lowest BCUT2D eigenvalue weighted by molar-refractivity contribution is -0.184. The van der Waals surface area contributed by atoms with Crippen LogP contribution in [0.2, 0.25) is 0 Å². The third-order valence-electron chi connectivity index (χ3n) is 3.28. The van der Waals surface area contributed by atoms with Crippen LogP contribution < -0.4 is 5.32 Å². The summed E-state index contributed by atoms with van der Waals surface area (Å²) < 4.78 is 38.2. The number of carbonyl (C=O) groups is 1. The van der Waals surface area contributed by atoms with Gasteiger partial charge in [-0.05, 0) is 12.8 Å². The standard InChI is InChI=1S/C12H15F3N4O/c1-16-10-6-17-5-9(18-10)11(20)19-4-2-3-8(7-19)12(13,14)15/h5-6,8H,2-4,7H2,1H3,(H,16,18). The Morgan fingerprint density at radius 3 is 2.85 bits per heavy atom. The van der Waals surface area contributed by atoms with Crippen molar-refractivity contribution in [3.8, 4) is 0 Å². The molecular weight excluding hydrogens is 273 g/mol. The summed E-state index contributed by atoms with van der Waals surface area (Å²) in [6, 6.07) is 0. The Labute approximate surface area is 114 Å². The number of carbonyl (C=O) groups excluding carboxylic acids is 1. The molecule has 1 aliphatic rings. The summed E-state index contributed by atoms with van der Waals surface area (Å²) >= 11 is 0. The van der Waals surface area contributed by atoms with Crippen molar-refractivity contribution in [1.29, 1.82) is 0 Å². The molecule has 1 unspecified atom stereocenters. The molecule has 0 bridgehead atoms. The van der Waals surface area contributed by atoms with Crippen LogP contribution >= 0.6 is 0 Å². The van der Waals surface area contributed by atoms with Gasteiger partial charge in [-0.2, -0.15) is 13.2 Å². The lowest BCUT2D eigenvalue weighted by Gasteiger charge is -2.33. The first-order chi connectivity index (χ1) is 9.41. The van der Waals surface area contributed by atoms with E-state index < -0.39 is 18.0 Å². The number of hydrogen-bond acceptors (Lipinski definition) is 4. The molecule has 2 rings (SSSR count). The lowest BCUT2D eigenvalue weighted by atomic mass is 9.97. The number of rotatable bonds is 2. The number of amides is 1. The maximum atomic E-state index is 12.7. The molecule has 20 heavy (non-hydrogen) atoms. The SMILES string of the molecule is CNc1cncc(C(=O)N2CCCC(C(F)(F)F)C2)n1. The van der Waals surface area contributed by atoms with Gasteiger partial charge in [-0.25, -0.2) is 4.98 Å². The van der Waals surface area contributed by atoms with Crippen molar-refractivity contribution in [3.63, 3.8) is 0 Å². The molecule has 1 atom stereocenters. The van der Waals surface area contributed by atoms with E-state index in [9.17, 15) is 18.0 Å². The fourth-order valence-electron chi connectivity index (χ4n) is 2.18. The average molecular weight is 288 g/mol. The van der Waals surface area contributed by atoms with Crippen molar-refractivity contribution >= 4 is 11.7 Å². The minimum absolute atomic E-state index is 0.0553. The molecule has 0 spiro atoms. The van der Waals surface area contributed by atoms with Gasteiger partial charge in [-0.15, -0.1) is 0 Å². The van der Waals surface area contributed by atoms with Gasteiger partial charge in [-0.1, -0.05) is 0 Å². The number of hydrogen-bond donors (Lipinski definition) is 1. The molecule has 0 saturated carbocycles. The van der Waals surface area contributed by atoms with Crippen molar-refractivity contribution in [2.75, 3.05) is 25.5 Å². The van der Waals surface area contributed by atoms with E-state index in [1.54, 1.807) is 7.05 Å². The molecular formula is C12H15F3N4O. The maximum absolute atomic E-state index is 12.7. The summed E-state index contributed by atoms with van der Waals surface area (Å²) in [5.74, 6) is -1.57. The third kappa shape index (κ3) is 3.17. The van der Waals surface area contributed by atoms with Crippen LogP contribution in [0.25, 0.3) is 0 Å². The van der Waals surface area contributed by atoms with Crippen LogP contribution in [0.15, 0.2) is 12.4 Å². The molecule has 110 valence electrons. The maximum Gasteiger partial charge on any atom is 0.393 e. The molecule has 1 aliphatic heterocycles. The third-order valence-corrected chi connectivity index (χ3v) is 3.28. The highest BCUT2D eigenvalue weighted by Crippen LogP contribution is 2.33. The molecule has 1 aromatic rings. The number of halogens is 3.